The van der Waals surface area contributed by atoms with Crippen molar-refractivity contribution in [1.82, 2.24) is 0 Å². The Balaban J connectivity index is -0.000000125. The van der Waals surface area contributed by atoms with Gasteiger partial charge in [-0.05, 0) is 0 Å². The molecular weight excluding hydrogens is 110 g/mol. The smallest absolute Gasteiger partial charge is 1.00 e. The van der Waals surface area contributed by atoms with E-state index in [9.17, 15) is 4.79 Å². The molecule has 0 radical (unpaired) electrons. The van der Waals surface area contributed by atoms with Crippen LogP contribution in [0.1, 0.15) is 1.43 Å². The number of aliphatic carboxylic acids is 1. The van der Waals surface area contributed by atoms with Crippen LogP contribution in [0.25, 0.3) is 0 Å². The molecule has 0 aliphatic heterocycles. The van der Waals surface area contributed by atoms with Gasteiger partial charge in [0, 0.05) is 0 Å². The summed E-state index contributed by atoms with van der Waals surface area (Å²) in [4.78, 5) is 9.47. The molecule has 1 N–H and O–H groups in total. The van der Waals surface area contributed by atoms with Gasteiger partial charge in [0.05, 0.1) is 0 Å². The van der Waals surface area contributed by atoms with E-state index in [1.807, 2.05) is 0 Å². The molecule has 0 heterocycles. The van der Waals surface area contributed by atoms with Crippen molar-refractivity contribution in [2.24, 2.45) is 0 Å². The summed E-state index contributed by atoms with van der Waals surface area (Å²) in [5, 5.41) is 7.41. The third-order valence-electron chi connectivity index (χ3n) is 0.232. The van der Waals surface area contributed by atoms with Gasteiger partial charge in [-0.1, -0.05) is 18.2 Å². The van der Waals surface area contributed by atoms with E-state index < -0.39 is 5.97 Å². The molecule has 0 aromatic carbocycles. The van der Waals surface area contributed by atoms with E-state index in [2.05, 4.69) is 6.58 Å². The summed E-state index contributed by atoms with van der Waals surface area (Å²) in [5.74, 6) is -1.17. The predicted octanol–water partition coefficient (Wildman–Crippen LogP) is -2.06. The molecule has 0 amide bonds. The first-order valence-electron chi connectivity index (χ1n) is 1.22. The van der Waals surface area contributed by atoms with Gasteiger partial charge >= 0.3 is 24.8 Å². The zero-order valence-corrected chi connectivity index (χ0v) is 4.70. The molecule has 7 heavy (non-hydrogen) atoms. The van der Waals surface area contributed by atoms with E-state index in [4.69, 9.17) is 16.7 Å². The van der Waals surface area contributed by atoms with Crippen LogP contribution in [-0.2, 0) is 4.79 Å². The van der Waals surface area contributed by atoms with E-state index in [0.29, 0.717) is 0 Å². The van der Waals surface area contributed by atoms with Crippen molar-refractivity contribution in [2.45, 2.75) is 0 Å². The second-order valence-corrected chi connectivity index (χ2v) is 1.17. The average molecular weight is 114 g/mol. The first-order chi connectivity index (χ1) is 2.64. The number of hydrogen-bond donors (Lipinski definition) is 1. The fourth-order valence-corrected chi connectivity index (χ4v) is 0. The summed E-state index contributed by atoms with van der Waals surface area (Å²) >= 11 is 4.82. The van der Waals surface area contributed by atoms with Crippen LogP contribution in [0.4, 0.5) is 0 Å². The van der Waals surface area contributed by atoms with Crippen LogP contribution in [0.2, 0.25) is 0 Å². The minimum Gasteiger partial charge on any atom is -1.00 e. The van der Waals surface area contributed by atoms with Gasteiger partial charge in [-0.15, -0.1) is 0 Å². The van der Waals surface area contributed by atoms with Crippen LogP contribution in [-0.4, -0.2) is 11.1 Å². The normalized spacial score (nSPS) is 6.43. The Hall–Kier alpha value is 0.0974. The topological polar surface area (TPSA) is 37.3 Å². The Morgan fingerprint density at radius 1 is 1.86 bits per heavy atom. The maximum Gasteiger partial charge on any atom is 1.00 e. The average Bonchev–Trinajstić information content (AvgIpc) is 1.36. The first-order valence-corrected chi connectivity index (χ1v) is 1.60. The molecular formula is C3H4ClLiO2. The SMILES string of the molecule is C=C(Cl)C(=O)O.[H-].[Li+]. The number of rotatable bonds is 1. The van der Waals surface area contributed by atoms with E-state index in [0.717, 1.165) is 0 Å². The van der Waals surface area contributed by atoms with Gasteiger partial charge in [0.25, 0.3) is 0 Å². The van der Waals surface area contributed by atoms with Crippen molar-refractivity contribution in [3.05, 3.63) is 11.6 Å². The molecule has 0 aliphatic carbocycles. The Bertz CT molecular complexity index is 83.3. The molecule has 36 valence electrons. The van der Waals surface area contributed by atoms with Crippen LogP contribution in [0.5, 0.6) is 0 Å². The van der Waals surface area contributed by atoms with Crippen molar-refractivity contribution in [3.8, 4) is 0 Å². The summed E-state index contributed by atoms with van der Waals surface area (Å²) in [6.45, 7) is 2.92. The second-order valence-electron chi connectivity index (χ2n) is 0.710. The monoisotopic (exact) mass is 114 g/mol. The maximum atomic E-state index is 9.47. The number of hydrogen-bond acceptors (Lipinski definition) is 1. The standard InChI is InChI=1S/C3H3ClO2.Li.H/c1-2(4)3(5)6;;/h1H2,(H,5,6);;/q;+1;-1. The van der Waals surface area contributed by atoms with Gasteiger partial charge in [0.15, 0.2) is 0 Å². The van der Waals surface area contributed by atoms with E-state index >= 15 is 0 Å². The fourth-order valence-electron chi connectivity index (χ4n) is 0. The van der Waals surface area contributed by atoms with Crippen molar-refractivity contribution < 1.29 is 30.2 Å². The molecule has 0 saturated carbocycles. The molecule has 0 aromatic rings. The Kier molecular flexibility index (Phi) is 6.18. The minimum absolute atomic E-state index is 0. The third kappa shape index (κ3) is 6.10. The van der Waals surface area contributed by atoms with Crippen LogP contribution in [0.15, 0.2) is 11.6 Å². The van der Waals surface area contributed by atoms with Crippen molar-refractivity contribution in [2.75, 3.05) is 0 Å². The molecule has 0 bridgehead atoms. The first kappa shape index (κ1) is 10.2. The predicted molar refractivity (Wildman–Crippen MR) is 23.7 cm³/mol. The van der Waals surface area contributed by atoms with Gasteiger partial charge in [-0.3, -0.25) is 0 Å². The molecule has 0 aromatic heterocycles. The zero-order valence-electron chi connectivity index (χ0n) is 4.94. The van der Waals surface area contributed by atoms with Crippen LogP contribution in [0, 0.1) is 0 Å². The summed E-state index contributed by atoms with van der Waals surface area (Å²) in [5.41, 5.74) is 0. The molecule has 0 saturated heterocycles. The maximum absolute atomic E-state index is 9.47. The van der Waals surface area contributed by atoms with E-state index in [1.54, 1.807) is 0 Å². The molecule has 2 nitrogen and oxygen atoms in total. The van der Waals surface area contributed by atoms with Gasteiger partial charge in [0.1, 0.15) is 5.03 Å². The number of carbonyl (C=O) groups is 1. The Morgan fingerprint density at radius 2 is 2.00 bits per heavy atom. The summed E-state index contributed by atoms with van der Waals surface area (Å²) in [6.07, 6.45) is 0. The van der Waals surface area contributed by atoms with Gasteiger partial charge in [-0.2, -0.15) is 0 Å². The van der Waals surface area contributed by atoms with Crippen molar-refractivity contribution >= 4 is 17.6 Å². The van der Waals surface area contributed by atoms with Crippen LogP contribution in [0.3, 0.4) is 0 Å². The molecule has 0 rings (SSSR count). The fraction of sp³-hybridized carbons (Fsp3) is 0. The molecule has 0 fully saturated rings. The Morgan fingerprint density at radius 3 is 2.00 bits per heavy atom. The minimum atomic E-state index is -1.17. The number of carboxylic acid groups (broad SMARTS) is 1. The van der Waals surface area contributed by atoms with Crippen molar-refractivity contribution in [1.29, 1.82) is 0 Å². The zero-order chi connectivity index (χ0) is 5.15. The van der Waals surface area contributed by atoms with Crippen LogP contribution < -0.4 is 18.9 Å². The molecule has 0 spiro atoms. The molecule has 4 heteroatoms. The number of carboxylic acids is 1. The summed E-state index contributed by atoms with van der Waals surface area (Å²) < 4.78 is 0. The van der Waals surface area contributed by atoms with Gasteiger partial charge in [-0.25, -0.2) is 4.79 Å². The Labute approximate surface area is 59.8 Å². The molecule has 0 atom stereocenters. The van der Waals surface area contributed by atoms with Crippen molar-refractivity contribution in [3.63, 3.8) is 0 Å². The van der Waals surface area contributed by atoms with E-state index in [1.165, 1.54) is 0 Å². The second kappa shape index (κ2) is 4.26. The largest absolute Gasteiger partial charge is 1.00 e. The molecule has 0 unspecified atom stereocenters. The number of halogens is 1. The van der Waals surface area contributed by atoms with Crippen LogP contribution >= 0.6 is 11.6 Å². The van der Waals surface area contributed by atoms with E-state index in [-0.39, 0.29) is 25.3 Å². The quantitative estimate of drug-likeness (QED) is 0.314. The van der Waals surface area contributed by atoms with Gasteiger partial charge in [0.2, 0.25) is 0 Å². The van der Waals surface area contributed by atoms with Gasteiger partial charge < -0.3 is 6.53 Å². The molecule has 0 aliphatic rings. The third-order valence-corrected chi connectivity index (χ3v) is 0.394. The summed E-state index contributed by atoms with van der Waals surface area (Å²) in [6, 6.07) is 0. The summed E-state index contributed by atoms with van der Waals surface area (Å²) in [7, 11) is 0.